The summed E-state index contributed by atoms with van der Waals surface area (Å²) in [5, 5.41) is 0. The van der Waals surface area contributed by atoms with Gasteiger partial charge in [-0.2, -0.15) is 6.42 Å². The summed E-state index contributed by atoms with van der Waals surface area (Å²) in [6.45, 7) is 10.7. The maximum Gasteiger partial charge on any atom is 1.00 e. The number of hydrogen-bond acceptors (Lipinski definition) is 2. The Morgan fingerprint density at radius 1 is 0.846 bits per heavy atom. The van der Waals surface area contributed by atoms with Crippen LogP contribution in [0.4, 0.5) is 0 Å². The number of phosphoric acid groups is 1. The van der Waals surface area contributed by atoms with E-state index in [4.69, 9.17) is 9.79 Å². The Morgan fingerprint density at radius 3 is 1.69 bits per heavy atom. The first-order valence-corrected chi connectivity index (χ1v) is 11.9. The second kappa shape index (κ2) is 24.1. The van der Waals surface area contributed by atoms with Gasteiger partial charge in [0.25, 0.3) is 0 Å². The molecule has 0 aliphatic heterocycles. The van der Waals surface area contributed by atoms with Crippen LogP contribution in [0.15, 0.2) is 0 Å². The van der Waals surface area contributed by atoms with Crippen LogP contribution < -0.4 is 29.6 Å². The smallest absolute Gasteiger partial charge is 0.343 e. The van der Waals surface area contributed by atoms with Crippen molar-refractivity contribution >= 4 is 7.82 Å². The van der Waals surface area contributed by atoms with Crippen LogP contribution in [0.2, 0.25) is 0 Å². The predicted octanol–water partition coefficient (Wildman–Crippen LogP) is 4.06. The molecular weight excluding hydrogens is 358 g/mol. The third-order valence-corrected chi connectivity index (χ3v) is 4.56. The van der Waals surface area contributed by atoms with E-state index in [1.807, 2.05) is 0 Å². The van der Waals surface area contributed by atoms with E-state index in [1.165, 1.54) is 64.2 Å². The monoisotopic (exact) mass is 402 g/mol. The second-order valence-corrected chi connectivity index (χ2v) is 8.49. The van der Waals surface area contributed by atoms with E-state index < -0.39 is 7.82 Å². The quantitative estimate of drug-likeness (QED) is 0.177. The van der Waals surface area contributed by atoms with Crippen molar-refractivity contribution in [3.05, 3.63) is 6.92 Å². The van der Waals surface area contributed by atoms with Crippen LogP contribution in [0, 0.1) is 12.8 Å². The molecule has 0 aliphatic carbocycles. The molecule has 154 valence electrons. The van der Waals surface area contributed by atoms with Crippen molar-refractivity contribution in [2.24, 2.45) is 5.92 Å². The van der Waals surface area contributed by atoms with Gasteiger partial charge in [0.2, 0.25) is 0 Å². The molecule has 26 heavy (non-hydrogen) atoms. The first kappa shape index (κ1) is 31.8. The maximum atomic E-state index is 10.4. The molecule has 0 aromatic carbocycles. The Labute approximate surface area is 185 Å². The van der Waals surface area contributed by atoms with E-state index in [-0.39, 0.29) is 36.2 Å². The van der Waals surface area contributed by atoms with E-state index in [1.54, 1.807) is 0 Å². The fourth-order valence-electron chi connectivity index (χ4n) is 2.50. The Kier molecular flexibility index (Phi) is 29.5. The molecule has 0 fully saturated rings. The summed E-state index contributed by atoms with van der Waals surface area (Å²) in [6.07, 6.45) is 17.2. The van der Waals surface area contributed by atoms with Crippen molar-refractivity contribution in [2.45, 2.75) is 111 Å². The van der Waals surface area contributed by atoms with E-state index in [2.05, 4.69) is 32.2 Å². The number of rotatable bonds is 16. The molecule has 0 aliphatic rings. The van der Waals surface area contributed by atoms with E-state index in [0.717, 1.165) is 31.6 Å². The molecule has 0 unspecified atom stereocenters. The zero-order valence-electron chi connectivity index (χ0n) is 18.0. The molecule has 4 nitrogen and oxygen atoms in total. The van der Waals surface area contributed by atoms with Gasteiger partial charge in [-0.3, -0.25) is 4.52 Å². The average Bonchev–Trinajstić information content (AvgIpc) is 2.52. The fraction of sp³-hybridized carbons (Fsp3) is 0.950. The van der Waals surface area contributed by atoms with Gasteiger partial charge in [-0.25, -0.2) is 4.57 Å². The van der Waals surface area contributed by atoms with Crippen molar-refractivity contribution in [3.63, 3.8) is 0 Å². The summed E-state index contributed by atoms with van der Waals surface area (Å²) in [7, 11) is -4.24. The van der Waals surface area contributed by atoms with Gasteiger partial charge in [0.1, 0.15) is 0 Å². The predicted molar refractivity (Wildman–Crippen MR) is 109 cm³/mol. The van der Waals surface area contributed by atoms with Crippen molar-refractivity contribution in [1.82, 2.24) is 0 Å². The molecule has 0 rings (SSSR count). The summed E-state index contributed by atoms with van der Waals surface area (Å²) < 4.78 is 14.7. The first-order chi connectivity index (χ1) is 11.8. The van der Waals surface area contributed by atoms with Crippen LogP contribution in [0.3, 0.4) is 0 Å². The first-order valence-electron chi connectivity index (χ1n) is 10.3. The molecule has 0 heterocycles. The van der Waals surface area contributed by atoms with E-state index >= 15 is 0 Å². The molecule has 0 bridgehead atoms. The largest absolute Gasteiger partial charge is 1.00 e. The molecule has 0 radical (unpaired) electrons. The van der Waals surface area contributed by atoms with Gasteiger partial charge < -0.3 is 16.7 Å². The van der Waals surface area contributed by atoms with Gasteiger partial charge in [-0.15, -0.1) is 0 Å². The maximum absolute atomic E-state index is 10.4. The Balaban J connectivity index is -0.000000498. The molecule has 2 N–H and O–H groups in total. The number of unbranched alkanes of at least 4 members (excludes halogenated alkanes) is 11. The van der Waals surface area contributed by atoms with Crippen molar-refractivity contribution in [2.75, 3.05) is 6.61 Å². The zero-order valence-corrected chi connectivity index (χ0v) is 20.9. The molecule has 0 spiro atoms. The van der Waals surface area contributed by atoms with Crippen LogP contribution in [-0.2, 0) is 9.09 Å². The Hall–Kier alpha value is 1.11. The standard InChI is InChI=1S/C12H27O4P.C8H17.Na/c1-2-3-4-5-6-7-8-9-10-11-12-16-17(13,14)15;1-4-5-6-7-8(2)3;/h2-12H2,1H3,(H2,13,14,15);8H,1,4-7H2,2-3H3;/q;-1;+1. The minimum atomic E-state index is -4.24. The Morgan fingerprint density at radius 2 is 1.31 bits per heavy atom. The normalized spacial score (nSPS) is 11.0. The summed E-state index contributed by atoms with van der Waals surface area (Å²) in [5.41, 5.74) is 0. The van der Waals surface area contributed by atoms with Crippen molar-refractivity contribution in [3.8, 4) is 0 Å². The van der Waals surface area contributed by atoms with Crippen LogP contribution >= 0.6 is 7.82 Å². The molecule has 0 aromatic rings. The van der Waals surface area contributed by atoms with E-state index in [9.17, 15) is 4.57 Å². The minimum absolute atomic E-state index is 0. The van der Waals surface area contributed by atoms with E-state index in [0.29, 0.717) is 0 Å². The van der Waals surface area contributed by atoms with Gasteiger partial charge in [-0.1, -0.05) is 97.8 Å². The summed E-state index contributed by atoms with van der Waals surface area (Å²) in [6, 6.07) is 0. The third-order valence-electron chi connectivity index (χ3n) is 4.04. The van der Waals surface area contributed by atoms with Gasteiger partial charge in [-0.05, 0) is 12.3 Å². The third kappa shape index (κ3) is 36.1. The van der Waals surface area contributed by atoms with Crippen molar-refractivity contribution in [1.29, 1.82) is 0 Å². The molecular formula is C20H44NaO4P. The summed E-state index contributed by atoms with van der Waals surface area (Å²) in [5.74, 6) is 0.876. The van der Waals surface area contributed by atoms with Crippen molar-refractivity contribution < 1.29 is 48.4 Å². The SMILES string of the molecule is CCCCCCCCCCCCOP(=O)(O)O.[CH2-]CCCCC(C)C.[Na+]. The Bertz CT molecular complexity index is 296. The zero-order chi connectivity index (χ0) is 19.4. The second-order valence-electron chi connectivity index (χ2n) is 7.25. The minimum Gasteiger partial charge on any atom is -0.343 e. The van der Waals surface area contributed by atoms with Gasteiger partial charge in [0.05, 0.1) is 6.61 Å². The van der Waals surface area contributed by atoms with Gasteiger partial charge >= 0.3 is 37.4 Å². The average molecular weight is 403 g/mol. The van der Waals surface area contributed by atoms with Gasteiger partial charge in [0.15, 0.2) is 0 Å². The molecule has 6 heteroatoms. The fourth-order valence-corrected chi connectivity index (χ4v) is 2.87. The molecule has 0 atom stereocenters. The molecule has 0 saturated heterocycles. The van der Waals surface area contributed by atoms with Crippen LogP contribution in [0.1, 0.15) is 111 Å². The van der Waals surface area contributed by atoms with Crippen LogP contribution in [0.25, 0.3) is 0 Å². The molecule has 0 saturated carbocycles. The topological polar surface area (TPSA) is 66.8 Å². The molecule has 0 amide bonds. The summed E-state index contributed by atoms with van der Waals surface area (Å²) >= 11 is 0. The number of phosphoric ester groups is 1. The van der Waals surface area contributed by atoms with Gasteiger partial charge in [0, 0.05) is 0 Å². The number of hydrogen-bond donors (Lipinski definition) is 2. The molecule has 0 aromatic heterocycles. The van der Waals surface area contributed by atoms with Crippen LogP contribution in [-0.4, -0.2) is 16.4 Å². The summed E-state index contributed by atoms with van der Waals surface area (Å²) in [4.78, 5) is 16.9. The van der Waals surface area contributed by atoms with Crippen LogP contribution in [0.5, 0.6) is 0 Å².